The summed E-state index contributed by atoms with van der Waals surface area (Å²) in [6.07, 6.45) is 20.5. The zero-order chi connectivity index (χ0) is 15.1. The van der Waals surface area contributed by atoms with E-state index in [1.165, 1.54) is 89.9 Å². The molecule has 0 aliphatic carbocycles. The Morgan fingerprint density at radius 2 is 0.850 bits per heavy atom. The largest absolute Gasteiger partial charge is 0.314 e. The molecule has 2 nitrogen and oxygen atoms in total. The lowest BCUT2D eigenvalue weighted by Gasteiger charge is -2.17. The van der Waals surface area contributed by atoms with Crippen molar-refractivity contribution in [2.45, 2.75) is 116 Å². The van der Waals surface area contributed by atoms with Gasteiger partial charge in [0.2, 0.25) is 0 Å². The maximum Gasteiger partial charge on any atom is 0.0607 e. The van der Waals surface area contributed by atoms with Crippen LogP contribution in [0, 0.1) is 0 Å². The Bertz CT molecular complexity index is 184. The summed E-state index contributed by atoms with van der Waals surface area (Å²) in [6.45, 7) is 4.19. The van der Waals surface area contributed by atoms with E-state index >= 15 is 0 Å². The second kappa shape index (κ2) is 13.9. The normalized spacial score (nSPS) is 12.0. The Kier molecular flexibility index (Phi) is 13.8. The van der Waals surface area contributed by atoms with Crippen LogP contribution >= 0.6 is 0 Å². The number of rotatable bonds is 15. The fourth-order valence-electron chi connectivity index (χ4n) is 2.70. The van der Waals surface area contributed by atoms with Crippen molar-refractivity contribution in [2.75, 3.05) is 0 Å². The molecule has 0 rings (SSSR count). The molecule has 0 heterocycles. The van der Waals surface area contributed by atoms with Gasteiger partial charge in [-0.2, -0.15) is 0 Å². The highest BCUT2D eigenvalue weighted by Gasteiger charge is 2.09. The van der Waals surface area contributed by atoms with Crippen LogP contribution in [0.5, 0.6) is 0 Å². The van der Waals surface area contributed by atoms with Gasteiger partial charge in [0.15, 0.2) is 0 Å². The van der Waals surface area contributed by atoms with Gasteiger partial charge in [0.05, 0.1) is 5.66 Å². The van der Waals surface area contributed by atoms with E-state index in [1.807, 2.05) is 6.92 Å². The second-order valence-electron chi connectivity index (χ2n) is 6.85. The molecule has 0 atom stereocenters. The SMILES string of the molecule is CCCCCCCCCCCCCCCCC(C)(N)N. The third-order valence-electron chi connectivity index (χ3n) is 4.07. The van der Waals surface area contributed by atoms with Gasteiger partial charge in [0, 0.05) is 0 Å². The highest BCUT2D eigenvalue weighted by molar-refractivity contribution is 4.68. The molecule has 0 unspecified atom stereocenters. The lowest BCUT2D eigenvalue weighted by atomic mass is 10.0. The third kappa shape index (κ3) is 17.9. The molecule has 0 fully saturated rings. The molecule has 0 aromatic rings. The summed E-state index contributed by atoms with van der Waals surface area (Å²) in [5, 5.41) is 0. The quantitative estimate of drug-likeness (QED) is 0.308. The van der Waals surface area contributed by atoms with Crippen molar-refractivity contribution in [1.82, 2.24) is 0 Å². The van der Waals surface area contributed by atoms with Gasteiger partial charge in [-0.05, 0) is 13.3 Å². The zero-order valence-electron chi connectivity index (χ0n) is 14.3. The molecule has 0 aliphatic rings. The van der Waals surface area contributed by atoms with Gasteiger partial charge < -0.3 is 11.5 Å². The fraction of sp³-hybridized carbons (Fsp3) is 1.00. The summed E-state index contributed by atoms with van der Waals surface area (Å²) in [5.41, 5.74) is 11.1. The maximum absolute atomic E-state index is 5.76. The van der Waals surface area contributed by atoms with E-state index in [2.05, 4.69) is 6.92 Å². The Balaban J connectivity index is 2.99. The van der Waals surface area contributed by atoms with Crippen LogP contribution in [0.1, 0.15) is 110 Å². The van der Waals surface area contributed by atoms with E-state index in [4.69, 9.17) is 11.5 Å². The summed E-state index contributed by atoms with van der Waals surface area (Å²) in [4.78, 5) is 0. The minimum Gasteiger partial charge on any atom is -0.314 e. The van der Waals surface area contributed by atoms with E-state index in [-0.39, 0.29) is 0 Å². The molecule has 0 bridgehead atoms. The van der Waals surface area contributed by atoms with Gasteiger partial charge in [-0.3, -0.25) is 0 Å². The lowest BCUT2D eigenvalue weighted by molar-refractivity contribution is 0.420. The maximum atomic E-state index is 5.76. The molecule has 0 saturated heterocycles. The molecule has 4 N–H and O–H groups in total. The fourth-order valence-corrected chi connectivity index (χ4v) is 2.70. The van der Waals surface area contributed by atoms with Gasteiger partial charge in [0.25, 0.3) is 0 Å². The van der Waals surface area contributed by atoms with Crippen molar-refractivity contribution in [3.05, 3.63) is 0 Å². The van der Waals surface area contributed by atoms with Crippen LogP contribution in [-0.2, 0) is 0 Å². The van der Waals surface area contributed by atoms with Crippen molar-refractivity contribution in [3.8, 4) is 0 Å². The van der Waals surface area contributed by atoms with Gasteiger partial charge in [-0.1, -0.05) is 96.8 Å². The predicted octanol–water partition coefficient (Wildman–Crippen LogP) is 5.49. The zero-order valence-corrected chi connectivity index (χ0v) is 14.3. The third-order valence-corrected chi connectivity index (χ3v) is 4.07. The van der Waals surface area contributed by atoms with Crippen LogP contribution in [0.2, 0.25) is 0 Å². The summed E-state index contributed by atoms with van der Waals surface area (Å²) in [6, 6.07) is 0. The van der Waals surface area contributed by atoms with Crippen molar-refractivity contribution >= 4 is 0 Å². The Labute approximate surface area is 128 Å². The second-order valence-corrected chi connectivity index (χ2v) is 6.85. The molecule has 20 heavy (non-hydrogen) atoms. The molecule has 0 amide bonds. The van der Waals surface area contributed by atoms with Crippen LogP contribution < -0.4 is 11.5 Å². The van der Waals surface area contributed by atoms with Gasteiger partial charge in [-0.25, -0.2) is 0 Å². The minimum absolute atomic E-state index is 0.461. The minimum atomic E-state index is -0.461. The molecule has 0 spiro atoms. The Morgan fingerprint density at radius 3 is 1.15 bits per heavy atom. The van der Waals surface area contributed by atoms with Crippen molar-refractivity contribution in [2.24, 2.45) is 11.5 Å². The average molecular weight is 285 g/mol. The molecule has 0 aromatic carbocycles. The molecule has 122 valence electrons. The van der Waals surface area contributed by atoms with Gasteiger partial charge in [-0.15, -0.1) is 0 Å². The van der Waals surface area contributed by atoms with Crippen molar-refractivity contribution < 1.29 is 0 Å². The number of hydrogen-bond donors (Lipinski definition) is 2. The Morgan fingerprint density at radius 1 is 0.550 bits per heavy atom. The van der Waals surface area contributed by atoms with Crippen LogP contribution in [0.4, 0.5) is 0 Å². The molecule has 0 saturated carbocycles. The lowest BCUT2D eigenvalue weighted by Crippen LogP contribution is -2.45. The summed E-state index contributed by atoms with van der Waals surface area (Å²) < 4.78 is 0. The molecule has 0 radical (unpaired) electrons. The first-order valence-corrected chi connectivity index (χ1v) is 9.14. The van der Waals surface area contributed by atoms with Crippen LogP contribution in [-0.4, -0.2) is 5.66 Å². The summed E-state index contributed by atoms with van der Waals surface area (Å²) >= 11 is 0. The molecular weight excluding hydrogens is 244 g/mol. The first-order chi connectivity index (χ1) is 9.56. The number of unbranched alkanes of at least 4 members (excludes halogenated alkanes) is 13. The monoisotopic (exact) mass is 284 g/mol. The molecule has 0 aromatic heterocycles. The van der Waals surface area contributed by atoms with Crippen LogP contribution in [0.25, 0.3) is 0 Å². The molecule has 0 aliphatic heterocycles. The van der Waals surface area contributed by atoms with Crippen molar-refractivity contribution in [1.29, 1.82) is 0 Å². The van der Waals surface area contributed by atoms with E-state index in [9.17, 15) is 0 Å². The summed E-state index contributed by atoms with van der Waals surface area (Å²) in [7, 11) is 0. The topological polar surface area (TPSA) is 52.0 Å². The highest BCUT2D eigenvalue weighted by atomic mass is 14.9. The molecule has 2 heteroatoms. The van der Waals surface area contributed by atoms with Crippen LogP contribution in [0.3, 0.4) is 0 Å². The van der Waals surface area contributed by atoms with Crippen LogP contribution in [0.15, 0.2) is 0 Å². The van der Waals surface area contributed by atoms with Crippen molar-refractivity contribution in [3.63, 3.8) is 0 Å². The number of nitrogens with two attached hydrogens (primary N) is 2. The first kappa shape index (κ1) is 19.9. The van der Waals surface area contributed by atoms with Gasteiger partial charge >= 0.3 is 0 Å². The highest BCUT2D eigenvalue weighted by Crippen LogP contribution is 2.14. The predicted molar refractivity (Wildman–Crippen MR) is 91.7 cm³/mol. The first-order valence-electron chi connectivity index (χ1n) is 9.14. The van der Waals surface area contributed by atoms with E-state index in [0.717, 1.165) is 6.42 Å². The summed E-state index contributed by atoms with van der Waals surface area (Å²) in [5.74, 6) is 0. The standard InChI is InChI=1S/C18H40N2/c1-3-4-5-6-7-8-9-10-11-12-13-14-15-16-17-18(2,19)20/h3-17,19-20H2,1-2H3. The van der Waals surface area contributed by atoms with E-state index in [0.29, 0.717) is 0 Å². The number of hydrogen-bond acceptors (Lipinski definition) is 2. The average Bonchev–Trinajstić information content (AvgIpc) is 2.38. The van der Waals surface area contributed by atoms with Gasteiger partial charge in [0.1, 0.15) is 0 Å². The van der Waals surface area contributed by atoms with E-state index in [1.54, 1.807) is 0 Å². The smallest absolute Gasteiger partial charge is 0.0607 e. The Hall–Kier alpha value is -0.0800. The molecular formula is C18H40N2. The van der Waals surface area contributed by atoms with E-state index < -0.39 is 5.66 Å².